The molecule has 1 fully saturated rings. The SMILES string of the molecule is CCN[C@@H](C)[C@@H]1CCN(c2nc3c(cc2F)c(=O)c(C(=O)O)cn3-c2ccc(F)cc2F)C1. The summed E-state index contributed by atoms with van der Waals surface area (Å²) >= 11 is 0. The molecule has 174 valence electrons. The van der Waals surface area contributed by atoms with Crippen molar-refractivity contribution in [2.45, 2.75) is 26.3 Å². The molecule has 0 amide bonds. The van der Waals surface area contributed by atoms with Crippen molar-refractivity contribution >= 4 is 22.8 Å². The number of nitrogens with zero attached hydrogens (tertiary/aromatic N) is 3. The number of hydrogen-bond donors (Lipinski definition) is 2. The van der Waals surface area contributed by atoms with Crippen molar-refractivity contribution in [3.63, 3.8) is 0 Å². The minimum Gasteiger partial charge on any atom is -0.477 e. The third kappa shape index (κ3) is 4.18. The van der Waals surface area contributed by atoms with Crippen LogP contribution >= 0.6 is 0 Å². The standard InChI is InChI=1S/C23H23F3N4O3/c1-3-27-12(2)13-6-7-29(10-13)22-18(26)9-15-20(31)16(23(32)33)11-30(21(15)28-22)19-5-4-14(24)8-17(19)25/h4-5,8-9,11-13,27H,3,6-7,10H2,1-2H3,(H,32,33)/t12-,13+/m0/s1. The lowest BCUT2D eigenvalue weighted by atomic mass is 10.0. The van der Waals surface area contributed by atoms with E-state index in [0.29, 0.717) is 19.2 Å². The molecule has 3 aromatic rings. The van der Waals surface area contributed by atoms with Crippen LogP contribution in [0.25, 0.3) is 16.7 Å². The summed E-state index contributed by atoms with van der Waals surface area (Å²) in [4.78, 5) is 30.4. The van der Waals surface area contributed by atoms with E-state index >= 15 is 4.39 Å². The summed E-state index contributed by atoms with van der Waals surface area (Å²) in [6.45, 7) is 5.95. The predicted molar refractivity (Wildman–Crippen MR) is 118 cm³/mol. The first-order valence-corrected chi connectivity index (χ1v) is 10.6. The van der Waals surface area contributed by atoms with Crippen molar-refractivity contribution in [3.8, 4) is 5.69 Å². The fourth-order valence-electron chi connectivity index (χ4n) is 4.33. The highest BCUT2D eigenvalue weighted by Gasteiger charge is 2.30. The topological polar surface area (TPSA) is 87.5 Å². The Hall–Kier alpha value is -3.40. The maximum absolute atomic E-state index is 15.1. The molecule has 0 saturated carbocycles. The largest absolute Gasteiger partial charge is 0.477 e. The summed E-state index contributed by atoms with van der Waals surface area (Å²) in [5.41, 5.74) is -1.95. The van der Waals surface area contributed by atoms with Gasteiger partial charge in [0.1, 0.15) is 17.2 Å². The second kappa shape index (κ2) is 8.86. The molecule has 0 radical (unpaired) electrons. The summed E-state index contributed by atoms with van der Waals surface area (Å²) in [5, 5.41) is 12.5. The first-order valence-electron chi connectivity index (χ1n) is 10.6. The number of nitrogens with one attached hydrogen (secondary N) is 1. The van der Waals surface area contributed by atoms with Gasteiger partial charge in [-0.15, -0.1) is 0 Å². The number of rotatable bonds is 6. The van der Waals surface area contributed by atoms with Crippen LogP contribution in [-0.4, -0.2) is 46.3 Å². The third-order valence-corrected chi connectivity index (χ3v) is 6.07. The molecule has 0 unspecified atom stereocenters. The van der Waals surface area contributed by atoms with Gasteiger partial charge in [0.2, 0.25) is 5.43 Å². The minimum atomic E-state index is -1.55. The molecule has 2 N–H and O–H groups in total. The Morgan fingerprint density at radius 2 is 2.03 bits per heavy atom. The van der Waals surface area contributed by atoms with Gasteiger partial charge in [-0.25, -0.2) is 22.9 Å². The molecule has 4 rings (SSSR count). The van der Waals surface area contributed by atoms with Gasteiger partial charge in [0, 0.05) is 31.4 Å². The van der Waals surface area contributed by atoms with E-state index in [1.165, 1.54) is 0 Å². The molecule has 2 atom stereocenters. The van der Waals surface area contributed by atoms with E-state index in [2.05, 4.69) is 17.2 Å². The van der Waals surface area contributed by atoms with Gasteiger partial charge < -0.3 is 15.3 Å². The highest BCUT2D eigenvalue weighted by molar-refractivity contribution is 5.92. The van der Waals surface area contributed by atoms with Gasteiger partial charge in [-0.2, -0.15) is 0 Å². The van der Waals surface area contributed by atoms with Crippen LogP contribution in [0.3, 0.4) is 0 Å². The second-order valence-electron chi connectivity index (χ2n) is 8.15. The van der Waals surface area contributed by atoms with Crippen LogP contribution < -0.4 is 15.6 Å². The van der Waals surface area contributed by atoms with Crippen LogP contribution in [0.15, 0.2) is 35.3 Å². The van der Waals surface area contributed by atoms with E-state index in [1.54, 1.807) is 4.90 Å². The molecule has 0 aliphatic carbocycles. The van der Waals surface area contributed by atoms with E-state index in [-0.39, 0.29) is 34.5 Å². The molecule has 2 aromatic heterocycles. The van der Waals surface area contributed by atoms with E-state index in [1.807, 2.05) is 6.92 Å². The molecule has 0 bridgehead atoms. The van der Waals surface area contributed by atoms with E-state index in [4.69, 9.17) is 0 Å². The molecule has 1 saturated heterocycles. The molecule has 3 heterocycles. The summed E-state index contributed by atoms with van der Waals surface area (Å²) in [7, 11) is 0. The molecule has 1 aromatic carbocycles. The van der Waals surface area contributed by atoms with Gasteiger partial charge in [-0.05, 0) is 44.0 Å². The molecular formula is C23H23F3N4O3. The van der Waals surface area contributed by atoms with E-state index in [0.717, 1.165) is 41.9 Å². The molecule has 33 heavy (non-hydrogen) atoms. The zero-order valence-corrected chi connectivity index (χ0v) is 18.1. The van der Waals surface area contributed by atoms with Crippen molar-refractivity contribution in [2.24, 2.45) is 5.92 Å². The Bertz CT molecular complexity index is 1290. The van der Waals surface area contributed by atoms with Crippen molar-refractivity contribution < 1.29 is 23.1 Å². The first kappa shape index (κ1) is 22.8. The summed E-state index contributed by atoms with van der Waals surface area (Å²) in [6.07, 6.45) is 1.74. The summed E-state index contributed by atoms with van der Waals surface area (Å²) < 4.78 is 44.2. The van der Waals surface area contributed by atoms with Crippen molar-refractivity contribution in [1.82, 2.24) is 14.9 Å². The maximum Gasteiger partial charge on any atom is 0.341 e. The highest BCUT2D eigenvalue weighted by atomic mass is 19.1. The van der Waals surface area contributed by atoms with Crippen molar-refractivity contribution in [1.29, 1.82) is 0 Å². The van der Waals surface area contributed by atoms with Crippen LogP contribution in [0.5, 0.6) is 0 Å². The quantitative estimate of drug-likeness (QED) is 0.587. The Balaban J connectivity index is 1.89. The summed E-state index contributed by atoms with van der Waals surface area (Å²) in [5.74, 6) is -3.88. The molecular weight excluding hydrogens is 437 g/mol. The Labute approximate surface area is 187 Å². The number of aromatic nitrogens is 2. The lowest BCUT2D eigenvalue weighted by Crippen LogP contribution is -2.35. The fourth-order valence-corrected chi connectivity index (χ4v) is 4.33. The molecule has 1 aliphatic heterocycles. The number of pyridine rings is 2. The average Bonchev–Trinajstić information content (AvgIpc) is 3.25. The number of fused-ring (bicyclic) bond motifs is 1. The first-order chi connectivity index (χ1) is 15.7. The van der Waals surface area contributed by atoms with Gasteiger partial charge in [0.25, 0.3) is 0 Å². The molecule has 0 spiro atoms. The normalized spacial score (nSPS) is 17.0. The predicted octanol–water partition coefficient (Wildman–Crippen LogP) is 3.33. The molecule has 1 aliphatic rings. The van der Waals surface area contributed by atoms with Crippen LogP contribution in [0.2, 0.25) is 0 Å². The second-order valence-corrected chi connectivity index (χ2v) is 8.15. The lowest BCUT2D eigenvalue weighted by molar-refractivity contribution is 0.0695. The monoisotopic (exact) mass is 460 g/mol. The lowest BCUT2D eigenvalue weighted by Gasteiger charge is -2.22. The smallest absolute Gasteiger partial charge is 0.341 e. The molecule has 7 nitrogen and oxygen atoms in total. The number of aromatic carboxylic acids is 1. The van der Waals surface area contributed by atoms with Crippen LogP contribution in [0, 0.1) is 23.4 Å². The van der Waals surface area contributed by atoms with Crippen molar-refractivity contribution in [2.75, 3.05) is 24.5 Å². The molecule has 10 heteroatoms. The number of hydrogen-bond acceptors (Lipinski definition) is 5. The van der Waals surface area contributed by atoms with E-state index < -0.39 is 34.4 Å². The average molecular weight is 460 g/mol. The number of carbonyl (C=O) groups is 1. The van der Waals surface area contributed by atoms with E-state index in [9.17, 15) is 23.5 Å². The minimum absolute atomic E-state index is 0.00700. The number of carboxylic acid groups (broad SMARTS) is 1. The zero-order valence-electron chi connectivity index (χ0n) is 18.1. The van der Waals surface area contributed by atoms with Crippen LogP contribution in [-0.2, 0) is 0 Å². The van der Waals surface area contributed by atoms with Crippen LogP contribution in [0.4, 0.5) is 19.0 Å². The maximum atomic E-state index is 15.1. The van der Waals surface area contributed by atoms with Crippen molar-refractivity contribution in [3.05, 3.63) is 63.7 Å². The number of anilines is 1. The van der Waals surface area contributed by atoms with Gasteiger partial charge in [-0.3, -0.25) is 9.36 Å². The number of halogens is 3. The third-order valence-electron chi connectivity index (χ3n) is 6.07. The number of carboxylic acids is 1. The zero-order chi connectivity index (χ0) is 23.9. The fraction of sp³-hybridized carbons (Fsp3) is 0.348. The van der Waals surface area contributed by atoms with Gasteiger partial charge in [0.15, 0.2) is 17.3 Å². The van der Waals surface area contributed by atoms with Gasteiger partial charge in [-0.1, -0.05) is 6.92 Å². The Morgan fingerprint density at radius 3 is 2.70 bits per heavy atom. The highest BCUT2D eigenvalue weighted by Crippen LogP contribution is 2.29. The Kier molecular flexibility index (Phi) is 6.11. The van der Waals surface area contributed by atoms with Gasteiger partial charge >= 0.3 is 5.97 Å². The Morgan fingerprint density at radius 1 is 1.27 bits per heavy atom. The number of benzene rings is 1. The van der Waals surface area contributed by atoms with Crippen LogP contribution in [0.1, 0.15) is 30.6 Å². The van der Waals surface area contributed by atoms with Gasteiger partial charge in [0.05, 0.1) is 11.1 Å². The summed E-state index contributed by atoms with van der Waals surface area (Å²) in [6, 6.07) is 3.89.